The van der Waals surface area contributed by atoms with Gasteiger partial charge in [-0.25, -0.2) is 4.79 Å². The number of hydrogen-bond donors (Lipinski definition) is 7. The van der Waals surface area contributed by atoms with Crippen LogP contribution in [-0.2, 0) is 35.2 Å². The van der Waals surface area contributed by atoms with Gasteiger partial charge >= 0.3 is 5.97 Å². The van der Waals surface area contributed by atoms with Crippen molar-refractivity contribution in [1.29, 1.82) is 0 Å². The molecule has 0 aliphatic heterocycles. The first-order valence-corrected chi connectivity index (χ1v) is 11.3. The van der Waals surface area contributed by atoms with Gasteiger partial charge in [-0.2, -0.15) is 0 Å². The summed E-state index contributed by atoms with van der Waals surface area (Å²) < 4.78 is 0. The number of primary amides is 2. The third kappa shape index (κ3) is 10.5. The van der Waals surface area contributed by atoms with Crippen LogP contribution in [0.25, 0.3) is 0 Å². The van der Waals surface area contributed by atoms with Crippen LogP contribution in [0, 0.1) is 5.92 Å². The monoisotopic (exact) mass is 506 g/mol. The van der Waals surface area contributed by atoms with Crippen molar-refractivity contribution >= 4 is 35.5 Å². The highest BCUT2D eigenvalue weighted by Crippen LogP contribution is 2.06. The summed E-state index contributed by atoms with van der Waals surface area (Å²) in [6.45, 7) is 3.13. The summed E-state index contributed by atoms with van der Waals surface area (Å²) in [5, 5.41) is 16.3. The first kappa shape index (κ1) is 30.0. The Morgan fingerprint density at radius 2 is 1.39 bits per heavy atom. The molecule has 0 aromatic heterocycles. The number of benzene rings is 1. The summed E-state index contributed by atoms with van der Waals surface area (Å²) >= 11 is 0. The molecule has 0 spiro atoms. The molecule has 13 heteroatoms. The van der Waals surface area contributed by atoms with Crippen LogP contribution in [0.3, 0.4) is 0 Å². The summed E-state index contributed by atoms with van der Waals surface area (Å²) in [6, 6.07) is 3.75. The maximum absolute atomic E-state index is 13.0. The van der Waals surface area contributed by atoms with E-state index in [0.29, 0.717) is 0 Å². The van der Waals surface area contributed by atoms with E-state index in [2.05, 4.69) is 16.0 Å². The second kappa shape index (κ2) is 14.4. The molecule has 0 saturated heterocycles. The fourth-order valence-electron chi connectivity index (χ4n) is 3.25. The second-order valence-corrected chi connectivity index (χ2v) is 8.66. The summed E-state index contributed by atoms with van der Waals surface area (Å²) in [5.41, 5.74) is 17.1. The van der Waals surface area contributed by atoms with Gasteiger partial charge in [0, 0.05) is 6.42 Å². The minimum absolute atomic E-state index is 0.176. The van der Waals surface area contributed by atoms with Crippen molar-refractivity contribution in [3.63, 3.8) is 0 Å². The lowest BCUT2D eigenvalue weighted by Gasteiger charge is -2.25. The zero-order valence-corrected chi connectivity index (χ0v) is 20.2. The van der Waals surface area contributed by atoms with Crippen molar-refractivity contribution < 1.29 is 33.9 Å². The van der Waals surface area contributed by atoms with Crippen molar-refractivity contribution in [2.24, 2.45) is 23.1 Å². The van der Waals surface area contributed by atoms with Crippen LogP contribution in [0.15, 0.2) is 30.3 Å². The number of carboxylic acid groups (broad SMARTS) is 1. The van der Waals surface area contributed by atoms with E-state index >= 15 is 0 Å². The molecule has 0 heterocycles. The Balaban J connectivity index is 3.00. The van der Waals surface area contributed by atoms with E-state index in [1.807, 2.05) is 0 Å². The van der Waals surface area contributed by atoms with Gasteiger partial charge < -0.3 is 38.3 Å². The Labute approximate surface area is 208 Å². The van der Waals surface area contributed by atoms with Crippen LogP contribution in [0.2, 0.25) is 0 Å². The highest BCUT2D eigenvalue weighted by atomic mass is 16.4. The predicted molar refractivity (Wildman–Crippen MR) is 129 cm³/mol. The fourth-order valence-corrected chi connectivity index (χ4v) is 3.25. The molecule has 5 amide bonds. The average molecular weight is 507 g/mol. The largest absolute Gasteiger partial charge is 0.480 e. The van der Waals surface area contributed by atoms with Crippen LogP contribution in [0.4, 0.5) is 0 Å². The van der Waals surface area contributed by atoms with E-state index in [1.54, 1.807) is 44.2 Å². The van der Waals surface area contributed by atoms with Crippen LogP contribution in [0.1, 0.15) is 38.7 Å². The van der Waals surface area contributed by atoms with Gasteiger partial charge in [-0.1, -0.05) is 44.2 Å². The van der Waals surface area contributed by atoms with E-state index < -0.39 is 72.0 Å². The Kier molecular flexibility index (Phi) is 12.0. The molecule has 13 nitrogen and oxygen atoms in total. The second-order valence-electron chi connectivity index (χ2n) is 8.66. The number of nitrogens with one attached hydrogen (secondary N) is 3. The summed E-state index contributed by atoms with van der Waals surface area (Å²) in [7, 11) is 0. The number of carboxylic acids is 1. The maximum Gasteiger partial charge on any atom is 0.326 e. The van der Waals surface area contributed by atoms with Gasteiger partial charge in [0.05, 0.1) is 12.5 Å². The minimum atomic E-state index is -1.53. The molecule has 0 saturated carbocycles. The molecular formula is C23H34N6O7. The number of carbonyl (C=O) groups excluding carboxylic acids is 5. The molecule has 4 unspecified atom stereocenters. The number of amides is 5. The van der Waals surface area contributed by atoms with Crippen LogP contribution in [-0.4, -0.2) is 64.8 Å². The SMILES string of the molecule is CC(C)C(NC(=O)C(CC(N)=O)NC(=O)C(CCC(N)=O)NC(=O)C(N)Cc1ccccc1)C(=O)O. The maximum atomic E-state index is 13.0. The molecule has 0 bridgehead atoms. The Hall–Kier alpha value is -4.00. The zero-order valence-electron chi connectivity index (χ0n) is 20.2. The molecule has 10 N–H and O–H groups in total. The van der Waals surface area contributed by atoms with Gasteiger partial charge in [0.25, 0.3) is 0 Å². The van der Waals surface area contributed by atoms with E-state index in [1.165, 1.54) is 0 Å². The highest BCUT2D eigenvalue weighted by molar-refractivity contribution is 5.96. The average Bonchev–Trinajstić information content (AvgIpc) is 2.78. The lowest BCUT2D eigenvalue weighted by atomic mass is 10.0. The first-order chi connectivity index (χ1) is 16.8. The van der Waals surface area contributed by atoms with Gasteiger partial charge in [-0.15, -0.1) is 0 Å². The molecule has 0 aliphatic rings. The highest BCUT2D eigenvalue weighted by Gasteiger charge is 2.32. The van der Waals surface area contributed by atoms with Crippen LogP contribution in [0.5, 0.6) is 0 Å². The predicted octanol–water partition coefficient (Wildman–Crippen LogP) is -2.11. The summed E-state index contributed by atoms with van der Waals surface area (Å²) in [5.74, 6) is -6.02. The van der Waals surface area contributed by atoms with Crippen LogP contribution >= 0.6 is 0 Å². The smallest absolute Gasteiger partial charge is 0.326 e. The van der Waals surface area contributed by atoms with Gasteiger partial charge in [-0.05, 0) is 24.3 Å². The molecule has 0 fully saturated rings. The van der Waals surface area contributed by atoms with E-state index in [9.17, 15) is 33.9 Å². The van der Waals surface area contributed by atoms with Crippen molar-refractivity contribution in [3.05, 3.63) is 35.9 Å². The number of rotatable bonds is 15. The van der Waals surface area contributed by atoms with Gasteiger partial charge in [0.2, 0.25) is 29.5 Å². The lowest BCUT2D eigenvalue weighted by molar-refractivity contribution is -0.143. The molecule has 36 heavy (non-hydrogen) atoms. The van der Waals surface area contributed by atoms with Crippen molar-refractivity contribution in [2.45, 2.75) is 63.7 Å². The molecule has 0 aliphatic carbocycles. The molecule has 1 rings (SSSR count). The lowest BCUT2D eigenvalue weighted by Crippen LogP contribution is -2.58. The Morgan fingerprint density at radius 1 is 0.833 bits per heavy atom. The molecular weight excluding hydrogens is 472 g/mol. The van der Waals surface area contributed by atoms with Crippen molar-refractivity contribution in [2.75, 3.05) is 0 Å². The topological polar surface area (TPSA) is 237 Å². The van der Waals surface area contributed by atoms with Gasteiger partial charge in [-0.3, -0.25) is 24.0 Å². The Morgan fingerprint density at radius 3 is 1.89 bits per heavy atom. The zero-order chi connectivity index (χ0) is 27.4. The molecule has 1 aromatic rings. The molecule has 1 aromatic carbocycles. The van der Waals surface area contributed by atoms with Gasteiger partial charge in [0.1, 0.15) is 18.1 Å². The fraction of sp³-hybridized carbons (Fsp3) is 0.478. The van der Waals surface area contributed by atoms with E-state index in [0.717, 1.165) is 5.56 Å². The summed E-state index contributed by atoms with van der Waals surface area (Å²) in [4.78, 5) is 72.5. The normalized spacial score (nSPS) is 14.1. The van der Waals surface area contributed by atoms with Crippen LogP contribution < -0.4 is 33.2 Å². The molecule has 0 radical (unpaired) electrons. The van der Waals surface area contributed by atoms with E-state index in [-0.39, 0.29) is 19.3 Å². The van der Waals surface area contributed by atoms with Gasteiger partial charge in [0.15, 0.2) is 0 Å². The standard InChI is InChI=1S/C23H34N6O7/c1-12(2)19(23(35)36)29-22(34)16(11-18(26)31)28-21(33)15(8-9-17(25)30)27-20(32)14(24)10-13-6-4-3-5-7-13/h3-7,12,14-16,19H,8-11,24H2,1-2H3,(H2,25,30)(H2,26,31)(H,27,32)(H,28,33)(H,29,34)(H,35,36). The number of hydrogen-bond acceptors (Lipinski definition) is 7. The van der Waals surface area contributed by atoms with Crippen molar-refractivity contribution in [1.82, 2.24) is 16.0 Å². The summed E-state index contributed by atoms with van der Waals surface area (Å²) in [6.07, 6.45) is -0.936. The molecule has 4 atom stereocenters. The Bertz CT molecular complexity index is 954. The quantitative estimate of drug-likeness (QED) is 0.139. The molecule has 198 valence electrons. The third-order valence-corrected chi connectivity index (χ3v) is 5.22. The van der Waals surface area contributed by atoms with E-state index in [4.69, 9.17) is 17.2 Å². The number of aliphatic carboxylic acids is 1. The first-order valence-electron chi connectivity index (χ1n) is 11.3. The van der Waals surface area contributed by atoms with Crippen molar-refractivity contribution in [3.8, 4) is 0 Å². The number of carbonyl (C=O) groups is 6. The third-order valence-electron chi connectivity index (χ3n) is 5.22. The number of nitrogens with two attached hydrogens (primary N) is 3. The minimum Gasteiger partial charge on any atom is -0.480 e.